The molecule has 0 atom stereocenters. The Balaban J connectivity index is 1.40. The molecule has 9 heteroatoms. The maximum absolute atomic E-state index is 8.36. The van der Waals surface area contributed by atoms with Gasteiger partial charge in [-0.3, -0.25) is 16.2 Å². The number of hydrogen-bond acceptors (Lipinski definition) is 7. The summed E-state index contributed by atoms with van der Waals surface area (Å²) >= 11 is 0. The van der Waals surface area contributed by atoms with Crippen LogP contribution in [0.15, 0.2) is 60.1 Å². The number of nitrogens with one attached hydrogen (secondary N) is 2. The fraction of sp³-hybridized carbons (Fsp3) is 0.250. The summed E-state index contributed by atoms with van der Waals surface area (Å²) in [6.07, 6.45) is 6.75. The average molecular weight is 445 g/mol. The minimum atomic E-state index is 0.0399. The Hall–Kier alpha value is -3.82. The van der Waals surface area contributed by atoms with E-state index in [1.807, 2.05) is 12.4 Å². The van der Waals surface area contributed by atoms with Gasteiger partial charge in [0.1, 0.15) is 23.6 Å². The Morgan fingerprint density at radius 2 is 2.00 bits per heavy atom. The van der Waals surface area contributed by atoms with Crippen molar-refractivity contribution in [2.45, 2.75) is 19.4 Å². The van der Waals surface area contributed by atoms with Crippen molar-refractivity contribution in [3.05, 3.63) is 71.8 Å². The van der Waals surface area contributed by atoms with Crippen LogP contribution in [0.2, 0.25) is 0 Å². The second kappa shape index (κ2) is 10.2. The molecule has 9 nitrogen and oxygen atoms in total. The number of aromatic nitrogens is 2. The van der Waals surface area contributed by atoms with Gasteiger partial charge in [-0.2, -0.15) is 0 Å². The third-order valence-electron chi connectivity index (χ3n) is 5.78. The highest BCUT2D eigenvalue weighted by molar-refractivity contribution is 6.08. The van der Waals surface area contributed by atoms with E-state index in [2.05, 4.69) is 43.5 Å². The summed E-state index contributed by atoms with van der Waals surface area (Å²) in [4.78, 5) is 14.9. The molecule has 6 N–H and O–H groups in total. The van der Waals surface area contributed by atoms with Crippen molar-refractivity contribution in [2.24, 2.45) is 16.6 Å². The van der Waals surface area contributed by atoms with Crippen LogP contribution in [0.3, 0.4) is 0 Å². The van der Waals surface area contributed by atoms with Gasteiger partial charge in [0.25, 0.3) is 0 Å². The number of hydrazine groups is 1. The molecule has 0 saturated heterocycles. The summed E-state index contributed by atoms with van der Waals surface area (Å²) in [5.41, 5.74) is 14.6. The molecule has 2 aromatic carbocycles. The van der Waals surface area contributed by atoms with Crippen LogP contribution < -0.4 is 21.7 Å². The molecular weight excluding hydrogens is 416 g/mol. The van der Waals surface area contributed by atoms with E-state index >= 15 is 0 Å². The Morgan fingerprint density at radius 3 is 2.76 bits per heavy atom. The van der Waals surface area contributed by atoms with Gasteiger partial charge in [0.2, 0.25) is 0 Å². The summed E-state index contributed by atoms with van der Waals surface area (Å²) in [5.74, 6) is 6.61. The molecule has 0 radical (unpaired) electrons. The van der Waals surface area contributed by atoms with Crippen LogP contribution in [0.1, 0.15) is 23.1 Å². The van der Waals surface area contributed by atoms with Crippen molar-refractivity contribution in [1.82, 2.24) is 14.9 Å². The quantitative estimate of drug-likeness (QED) is 0.190. The molecule has 1 aliphatic heterocycles. The number of hydrogen-bond donors (Lipinski definition) is 4. The fourth-order valence-corrected chi connectivity index (χ4v) is 4.01. The first-order valence-electron chi connectivity index (χ1n) is 10.7. The Morgan fingerprint density at radius 1 is 1.18 bits per heavy atom. The highest BCUT2D eigenvalue weighted by Gasteiger charge is 2.18. The summed E-state index contributed by atoms with van der Waals surface area (Å²) in [5, 5.41) is 8.36. The van der Waals surface area contributed by atoms with E-state index < -0.39 is 0 Å². The van der Waals surface area contributed by atoms with Gasteiger partial charge < -0.3 is 15.9 Å². The van der Waals surface area contributed by atoms with Gasteiger partial charge in [-0.1, -0.05) is 18.2 Å². The molecule has 0 bridgehead atoms. The zero-order chi connectivity index (χ0) is 23.2. The maximum atomic E-state index is 8.36. The minimum Gasteiger partial charge on any atom is -0.495 e. The van der Waals surface area contributed by atoms with Crippen molar-refractivity contribution in [3.8, 4) is 16.9 Å². The number of para-hydroxylation sites is 1. The number of aliphatic imine (C=N–C) groups is 1. The monoisotopic (exact) mass is 444 g/mol. The normalized spacial score (nSPS) is 13.9. The molecule has 3 aromatic rings. The second-order valence-corrected chi connectivity index (χ2v) is 7.87. The molecule has 0 fully saturated rings. The Labute approximate surface area is 193 Å². The summed E-state index contributed by atoms with van der Waals surface area (Å²) < 4.78 is 5.29. The van der Waals surface area contributed by atoms with E-state index in [4.69, 9.17) is 21.7 Å². The molecule has 0 spiro atoms. The third kappa shape index (κ3) is 5.16. The summed E-state index contributed by atoms with van der Waals surface area (Å²) in [6.45, 7) is 2.57. The van der Waals surface area contributed by atoms with Crippen molar-refractivity contribution < 1.29 is 4.74 Å². The van der Waals surface area contributed by atoms with Crippen LogP contribution in [-0.2, 0) is 13.0 Å². The molecule has 1 aromatic heterocycles. The number of nitrogens with zero attached hydrogens (tertiary/aromatic N) is 4. The molecule has 0 aliphatic carbocycles. The van der Waals surface area contributed by atoms with E-state index in [-0.39, 0.29) is 5.84 Å². The SMILES string of the molecule is COc1cccc(C(=N)N=C(N)CCN2CCc3ccc(-c4cncnc4)cc3C2)c1NN. The zero-order valence-electron chi connectivity index (χ0n) is 18.6. The van der Waals surface area contributed by atoms with E-state index in [0.717, 1.165) is 37.2 Å². The number of methoxy groups -OCH3 is 1. The maximum Gasteiger partial charge on any atom is 0.156 e. The number of nitrogens with two attached hydrogens (primary N) is 2. The molecule has 33 heavy (non-hydrogen) atoms. The first-order valence-corrected chi connectivity index (χ1v) is 10.7. The predicted octanol–water partition coefficient (Wildman–Crippen LogP) is 2.57. The first-order chi connectivity index (χ1) is 16.1. The lowest BCUT2D eigenvalue weighted by molar-refractivity contribution is 0.261. The van der Waals surface area contributed by atoms with Crippen molar-refractivity contribution >= 4 is 17.4 Å². The lowest BCUT2D eigenvalue weighted by atomic mass is 9.95. The van der Waals surface area contributed by atoms with Gasteiger partial charge in [-0.25, -0.2) is 15.0 Å². The number of amidine groups is 2. The number of benzene rings is 2. The first kappa shape index (κ1) is 22.4. The van der Waals surface area contributed by atoms with Gasteiger partial charge in [-0.05, 0) is 41.3 Å². The number of rotatable bonds is 7. The lowest BCUT2D eigenvalue weighted by Crippen LogP contribution is -2.33. The van der Waals surface area contributed by atoms with E-state index in [1.54, 1.807) is 25.3 Å². The predicted molar refractivity (Wildman–Crippen MR) is 130 cm³/mol. The minimum absolute atomic E-state index is 0.0399. The number of fused-ring (bicyclic) bond motifs is 1. The topological polar surface area (TPSA) is 139 Å². The van der Waals surface area contributed by atoms with Crippen LogP contribution in [0.25, 0.3) is 11.1 Å². The number of anilines is 1. The standard InChI is InChI=1S/C24H28N8O/c1-33-21-4-2-3-20(23(21)31-27)24(26)30-22(25)8-10-32-9-7-16-5-6-17(11-18(16)14-32)19-12-28-15-29-13-19/h2-6,11-13,15,31H,7-10,14,27H2,1H3,(H3,25,26,30). The molecular formula is C24H28N8O. The molecule has 170 valence electrons. The molecule has 2 heterocycles. The average Bonchev–Trinajstić information content (AvgIpc) is 2.86. The van der Waals surface area contributed by atoms with Crippen molar-refractivity contribution in [2.75, 3.05) is 25.6 Å². The van der Waals surface area contributed by atoms with Crippen molar-refractivity contribution in [1.29, 1.82) is 5.41 Å². The number of ether oxygens (including phenoxy) is 1. The van der Waals surface area contributed by atoms with Crippen molar-refractivity contribution in [3.63, 3.8) is 0 Å². The van der Waals surface area contributed by atoms with Crippen LogP contribution in [-0.4, -0.2) is 46.7 Å². The van der Waals surface area contributed by atoms with E-state index in [9.17, 15) is 0 Å². The van der Waals surface area contributed by atoms with Crippen LogP contribution in [0.4, 0.5) is 5.69 Å². The summed E-state index contributed by atoms with van der Waals surface area (Å²) in [7, 11) is 1.55. The van der Waals surface area contributed by atoms with E-state index in [0.29, 0.717) is 29.3 Å². The lowest BCUT2D eigenvalue weighted by Gasteiger charge is -2.29. The van der Waals surface area contributed by atoms with Gasteiger partial charge in [0, 0.05) is 49.6 Å². The van der Waals surface area contributed by atoms with Gasteiger partial charge in [-0.15, -0.1) is 0 Å². The largest absolute Gasteiger partial charge is 0.495 e. The molecule has 4 rings (SSSR count). The third-order valence-corrected chi connectivity index (χ3v) is 5.78. The smallest absolute Gasteiger partial charge is 0.156 e. The van der Waals surface area contributed by atoms with Crippen LogP contribution in [0.5, 0.6) is 5.75 Å². The zero-order valence-corrected chi connectivity index (χ0v) is 18.6. The van der Waals surface area contributed by atoms with Gasteiger partial charge in [0.05, 0.1) is 7.11 Å². The van der Waals surface area contributed by atoms with Crippen LogP contribution in [0, 0.1) is 5.41 Å². The van der Waals surface area contributed by atoms with Gasteiger partial charge >= 0.3 is 0 Å². The fourth-order valence-electron chi connectivity index (χ4n) is 4.01. The molecule has 0 amide bonds. The highest BCUT2D eigenvalue weighted by atomic mass is 16.5. The molecule has 0 unspecified atom stereocenters. The second-order valence-electron chi connectivity index (χ2n) is 7.87. The van der Waals surface area contributed by atoms with Gasteiger partial charge in [0.15, 0.2) is 5.84 Å². The highest BCUT2D eigenvalue weighted by Crippen LogP contribution is 2.28. The van der Waals surface area contributed by atoms with Crippen LogP contribution >= 0.6 is 0 Å². The number of nitrogen functional groups attached to an aromatic ring is 1. The summed E-state index contributed by atoms with van der Waals surface area (Å²) in [6, 6.07) is 11.9. The Kier molecular flexibility index (Phi) is 6.92. The molecule has 1 aliphatic rings. The molecule has 0 saturated carbocycles. The Bertz CT molecular complexity index is 1160. The van der Waals surface area contributed by atoms with E-state index in [1.165, 1.54) is 17.5 Å².